The first-order valence-corrected chi connectivity index (χ1v) is 6.44. The van der Waals surface area contributed by atoms with E-state index in [2.05, 4.69) is 24.3 Å². The summed E-state index contributed by atoms with van der Waals surface area (Å²) in [5.74, 6) is -0.469. The molecule has 4 heteroatoms. The van der Waals surface area contributed by atoms with Gasteiger partial charge in [-0.05, 0) is 24.6 Å². The fourth-order valence-corrected chi connectivity index (χ4v) is 2.23. The Morgan fingerprint density at radius 1 is 1.15 bits per heavy atom. The van der Waals surface area contributed by atoms with Crippen molar-refractivity contribution in [3.63, 3.8) is 0 Å². The molecule has 0 heterocycles. The molecule has 0 aliphatic heterocycles. The lowest BCUT2D eigenvalue weighted by molar-refractivity contribution is 0.100. The van der Waals surface area contributed by atoms with Gasteiger partial charge in [-0.15, -0.1) is 0 Å². The molecule has 0 aliphatic carbocycles. The Bertz CT molecular complexity index is 620. The van der Waals surface area contributed by atoms with Gasteiger partial charge in [0.2, 0.25) is 0 Å². The third-order valence-corrected chi connectivity index (χ3v) is 3.25. The van der Waals surface area contributed by atoms with Crippen molar-refractivity contribution in [2.24, 2.45) is 5.73 Å². The molecule has 0 bridgehead atoms. The van der Waals surface area contributed by atoms with Gasteiger partial charge in [-0.3, -0.25) is 4.79 Å². The largest absolute Gasteiger partial charge is 0.397 e. The van der Waals surface area contributed by atoms with E-state index in [9.17, 15) is 4.79 Å². The molecule has 1 amide bonds. The molecule has 0 atom stereocenters. The highest BCUT2D eigenvalue weighted by Gasteiger charge is 2.15. The molecule has 4 N–H and O–H groups in total. The predicted molar refractivity (Wildman–Crippen MR) is 82.7 cm³/mol. The van der Waals surface area contributed by atoms with Crippen molar-refractivity contribution < 1.29 is 4.79 Å². The summed E-state index contributed by atoms with van der Waals surface area (Å²) >= 11 is 0. The number of para-hydroxylation sites is 1. The molecule has 0 spiro atoms. The second kappa shape index (κ2) is 5.65. The average molecular weight is 269 g/mol. The van der Waals surface area contributed by atoms with Gasteiger partial charge in [0.15, 0.2) is 0 Å². The van der Waals surface area contributed by atoms with E-state index in [1.54, 1.807) is 18.2 Å². The lowest BCUT2D eigenvalue weighted by Crippen LogP contribution is -2.23. The van der Waals surface area contributed by atoms with Crippen molar-refractivity contribution >= 4 is 17.3 Å². The second-order valence-corrected chi connectivity index (χ2v) is 4.95. The summed E-state index contributed by atoms with van der Waals surface area (Å²) in [5, 5.41) is 0. The maximum Gasteiger partial charge on any atom is 0.250 e. The summed E-state index contributed by atoms with van der Waals surface area (Å²) in [5.41, 5.74) is 15.4. The Morgan fingerprint density at radius 3 is 2.40 bits per heavy atom. The SMILES string of the molecule is Cc1ccc(CN(C)c2c(N)cccc2C(N)=O)cc1. The van der Waals surface area contributed by atoms with E-state index in [1.807, 2.05) is 18.9 Å². The van der Waals surface area contributed by atoms with Crippen LogP contribution in [-0.2, 0) is 6.54 Å². The van der Waals surface area contributed by atoms with Crippen molar-refractivity contribution in [3.05, 3.63) is 59.2 Å². The van der Waals surface area contributed by atoms with Crippen LogP contribution in [0.1, 0.15) is 21.5 Å². The van der Waals surface area contributed by atoms with Gasteiger partial charge >= 0.3 is 0 Å². The van der Waals surface area contributed by atoms with Gasteiger partial charge in [0, 0.05) is 13.6 Å². The van der Waals surface area contributed by atoms with Crippen LogP contribution in [0.2, 0.25) is 0 Å². The van der Waals surface area contributed by atoms with Gasteiger partial charge in [0.1, 0.15) is 0 Å². The quantitative estimate of drug-likeness (QED) is 0.837. The van der Waals surface area contributed by atoms with Crippen LogP contribution < -0.4 is 16.4 Å². The van der Waals surface area contributed by atoms with Crippen molar-refractivity contribution in [2.75, 3.05) is 17.7 Å². The number of anilines is 2. The van der Waals surface area contributed by atoms with Crippen LogP contribution in [0, 0.1) is 6.92 Å². The first-order valence-electron chi connectivity index (χ1n) is 6.44. The zero-order chi connectivity index (χ0) is 14.7. The lowest BCUT2D eigenvalue weighted by atomic mass is 10.1. The van der Waals surface area contributed by atoms with Crippen LogP contribution in [0.5, 0.6) is 0 Å². The van der Waals surface area contributed by atoms with E-state index in [-0.39, 0.29) is 0 Å². The number of primary amides is 1. The molecule has 0 radical (unpaired) electrons. The van der Waals surface area contributed by atoms with Crippen LogP contribution in [0.25, 0.3) is 0 Å². The first-order chi connectivity index (χ1) is 9.49. The van der Waals surface area contributed by atoms with Crippen molar-refractivity contribution in [3.8, 4) is 0 Å². The Labute approximate surface area is 119 Å². The maximum absolute atomic E-state index is 11.5. The molecular weight excluding hydrogens is 250 g/mol. The highest BCUT2D eigenvalue weighted by Crippen LogP contribution is 2.27. The highest BCUT2D eigenvalue weighted by molar-refractivity contribution is 6.01. The summed E-state index contributed by atoms with van der Waals surface area (Å²) in [6.07, 6.45) is 0. The number of carbonyl (C=O) groups excluding carboxylic acids is 1. The van der Waals surface area contributed by atoms with E-state index in [0.29, 0.717) is 23.5 Å². The number of rotatable bonds is 4. The predicted octanol–water partition coefficient (Wildman–Crippen LogP) is 2.31. The molecule has 104 valence electrons. The molecule has 0 saturated carbocycles. The molecule has 0 fully saturated rings. The number of amides is 1. The molecule has 2 aromatic rings. The van der Waals surface area contributed by atoms with Crippen LogP contribution >= 0.6 is 0 Å². The number of hydrogen-bond donors (Lipinski definition) is 2. The van der Waals surface area contributed by atoms with Crippen molar-refractivity contribution in [1.82, 2.24) is 0 Å². The van der Waals surface area contributed by atoms with E-state index < -0.39 is 5.91 Å². The van der Waals surface area contributed by atoms with Gasteiger partial charge in [0.05, 0.1) is 16.9 Å². The van der Waals surface area contributed by atoms with Gasteiger partial charge in [0.25, 0.3) is 5.91 Å². The Morgan fingerprint density at radius 2 is 1.80 bits per heavy atom. The third kappa shape index (κ3) is 2.91. The second-order valence-electron chi connectivity index (χ2n) is 4.95. The topological polar surface area (TPSA) is 72.3 Å². The van der Waals surface area contributed by atoms with E-state index >= 15 is 0 Å². The zero-order valence-electron chi connectivity index (χ0n) is 11.8. The standard InChI is InChI=1S/C16H19N3O/c1-11-6-8-12(9-7-11)10-19(2)15-13(16(18)20)4-3-5-14(15)17/h3-9H,10,17H2,1-2H3,(H2,18,20). The van der Waals surface area contributed by atoms with Crippen LogP contribution in [0.15, 0.2) is 42.5 Å². The summed E-state index contributed by atoms with van der Waals surface area (Å²) < 4.78 is 0. The molecule has 2 rings (SSSR count). The molecule has 0 unspecified atom stereocenters. The number of carbonyl (C=O) groups is 1. The van der Waals surface area contributed by atoms with Gasteiger partial charge in [-0.1, -0.05) is 35.9 Å². The van der Waals surface area contributed by atoms with Crippen LogP contribution in [0.4, 0.5) is 11.4 Å². The lowest BCUT2D eigenvalue weighted by Gasteiger charge is -2.23. The maximum atomic E-state index is 11.5. The minimum atomic E-state index is -0.469. The van der Waals surface area contributed by atoms with Gasteiger partial charge in [-0.2, -0.15) is 0 Å². The zero-order valence-corrected chi connectivity index (χ0v) is 11.8. The van der Waals surface area contributed by atoms with E-state index in [0.717, 1.165) is 5.56 Å². The normalized spacial score (nSPS) is 10.3. The molecule has 2 aromatic carbocycles. The number of hydrogen-bond acceptors (Lipinski definition) is 3. The first kappa shape index (κ1) is 13.9. The number of nitrogens with zero attached hydrogens (tertiary/aromatic N) is 1. The fourth-order valence-electron chi connectivity index (χ4n) is 2.23. The minimum Gasteiger partial charge on any atom is -0.397 e. The Hall–Kier alpha value is -2.49. The molecular formula is C16H19N3O. The molecule has 0 saturated heterocycles. The summed E-state index contributed by atoms with van der Waals surface area (Å²) in [7, 11) is 1.90. The van der Waals surface area contributed by atoms with E-state index in [4.69, 9.17) is 11.5 Å². The van der Waals surface area contributed by atoms with Crippen molar-refractivity contribution in [1.29, 1.82) is 0 Å². The number of aryl methyl sites for hydroxylation is 1. The summed E-state index contributed by atoms with van der Waals surface area (Å²) in [6.45, 7) is 2.71. The molecule has 20 heavy (non-hydrogen) atoms. The number of benzene rings is 2. The Balaban J connectivity index is 2.31. The van der Waals surface area contributed by atoms with Gasteiger partial charge < -0.3 is 16.4 Å². The smallest absolute Gasteiger partial charge is 0.250 e. The number of nitrogens with two attached hydrogens (primary N) is 2. The summed E-state index contributed by atoms with van der Waals surface area (Å²) in [4.78, 5) is 13.5. The monoisotopic (exact) mass is 269 g/mol. The molecule has 0 aliphatic rings. The van der Waals surface area contributed by atoms with Gasteiger partial charge in [-0.25, -0.2) is 0 Å². The van der Waals surface area contributed by atoms with E-state index in [1.165, 1.54) is 5.56 Å². The highest BCUT2D eigenvalue weighted by atomic mass is 16.1. The number of nitrogen functional groups attached to an aromatic ring is 1. The average Bonchev–Trinajstić information content (AvgIpc) is 2.40. The molecule has 0 aromatic heterocycles. The third-order valence-electron chi connectivity index (χ3n) is 3.25. The van der Waals surface area contributed by atoms with Crippen molar-refractivity contribution in [2.45, 2.75) is 13.5 Å². The molecule has 4 nitrogen and oxygen atoms in total. The minimum absolute atomic E-state index is 0.444. The fraction of sp³-hybridized carbons (Fsp3) is 0.188. The van der Waals surface area contributed by atoms with Crippen LogP contribution in [0.3, 0.4) is 0 Å². The summed E-state index contributed by atoms with van der Waals surface area (Å²) in [6, 6.07) is 13.5. The van der Waals surface area contributed by atoms with Crippen LogP contribution in [-0.4, -0.2) is 13.0 Å². The Kier molecular flexibility index (Phi) is 3.94.